The van der Waals surface area contributed by atoms with Gasteiger partial charge in [0.1, 0.15) is 12.4 Å². The summed E-state index contributed by atoms with van der Waals surface area (Å²) in [5.41, 5.74) is 0. The van der Waals surface area contributed by atoms with Crippen molar-refractivity contribution in [3.63, 3.8) is 0 Å². The predicted molar refractivity (Wildman–Crippen MR) is 31.4 cm³/mol. The SMILES string of the molecule is CCOC(C)C(F)=CF. The Morgan fingerprint density at radius 3 is 2.67 bits per heavy atom. The monoisotopic (exact) mass is 136 g/mol. The van der Waals surface area contributed by atoms with E-state index in [-0.39, 0.29) is 6.33 Å². The molecule has 0 aliphatic rings. The molecular formula is C6H10F2O. The molecule has 1 nitrogen and oxygen atoms in total. The minimum absolute atomic E-state index is 0.0830. The molecule has 0 spiro atoms. The lowest BCUT2D eigenvalue weighted by Crippen LogP contribution is -2.07. The standard InChI is InChI=1S/C6H10F2O/c1-3-9-5(2)6(8)4-7/h4-5H,3H2,1-2H3. The smallest absolute Gasteiger partial charge is 0.156 e. The van der Waals surface area contributed by atoms with Crippen LogP contribution in [0.2, 0.25) is 0 Å². The highest BCUT2D eigenvalue weighted by Crippen LogP contribution is 2.06. The molecule has 9 heavy (non-hydrogen) atoms. The van der Waals surface area contributed by atoms with Crippen molar-refractivity contribution in [3.8, 4) is 0 Å². The fraction of sp³-hybridized carbons (Fsp3) is 0.667. The Kier molecular flexibility index (Phi) is 4.22. The first-order valence-electron chi connectivity index (χ1n) is 2.79. The van der Waals surface area contributed by atoms with Gasteiger partial charge in [0.25, 0.3) is 0 Å². The van der Waals surface area contributed by atoms with Gasteiger partial charge in [0.15, 0.2) is 5.83 Å². The molecule has 0 amide bonds. The van der Waals surface area contributed by atoms with Crippen LogP contribution in [-0.4, -0.2) is 12.7 Å². The molecule has 3 heteroatoms. The van der Waals surface area contributed by atoms with Crippen LogP contribution in [0.1, 0.15) is 13.8 Å². The van der Waals surface area contributed by atoms with Gasteiger partial charge < -0.3 is 4.74 Å². The highest BCUT2D eigenvalue weighted by molar-refractivity contribution is 4.91. The Balaban J connectivity index is 3.59. The molecule has 54 valence electrons. The van der Waals surface area contributed by atoms with Gasteiger partial charge in [-0.2, -0.15) is 0 Å². The summed E-state index contributed by atoms with van der Waals surface area (Å²) in [7, 11) is 0. The molecule has 0 bridgehead atoms. The van der Waals surface area contributed by atoms with Crippen LogP contribution >= 0.6 is 0 Å². The molecule has 0 heterocycles. The van der Waals surface area contributed by atoms with E-state index < -0.39 is 11.9 Å². The summed E-state index contributed by atoms with van der Waals surface area (Å²) in [6.45, 7) is 3.57. The molecular weight excluding hydrogens is 126 g/mol. The highest BCUT2D eigenvalue weighted by Gasteiger charge is 2.05. The van der Waals surface area contributed by atoms with Crippen LogP contribution in [-0.2, 0) is 4.74 Å². The maximum atomic E-state index is 12.1. The first-order valence-corrected chi connectivity index (χ1v) is 2.79. The number of hydrogen-bond donors (Lipinski definition) is 0. The topological polar surface area (TPSA) is 9.23 Å². The zero-order chi connectivity index (χ0) is 7.28. The third-order valence-corrected chi connectivity index (χ3v) is 0.909. The maximum Gasteiger partial charge on any atom is 0.156 e. The van der Waals surface area contributed by atoms with Gasteiger partial charge in [-0.05, 0) is 13.8 Å². The van der Waals surface area contributed by atoms with E-state index in [0.29, 0.717) is 6.61 Å². The van der Waals surface area contributed by atoms with E-state index in [2.05, 4.69) is 0 Å². The Labute approximate surface area is 53.3 Å². The van der Waals surface area contributed by atoms with Crippen LogP contribution in [0.25, 0.3) is 0 Å². The first kappa shape index (κ1) is 8.56. The van der Waals surface area contributed by atoms with Crippen molar-refractivity contribution in [2.75, 3.05) is 6.61 Å². The van der Waals surface area contributed by atoms with E-state index in [4.69, 9.17) is 4.74 Å². The van der Waals surface area contributed by atoms with Crippen molar-refractivity contribution in [1.82, 2.24) is 0 Å². The predicted octanol–water partition coefficient (Wildman–Crippen LogP) is 2.19. The molecule has 0 aromatic carbocycles. The summed E-state index contributed by atoms with van der Waals surface area (Å²) in [4.78, 5) is 0. The first-order chi connectivity index (χ1) is 4.22. The highest BCUT2D eigenvalue weighted by atomic mass is 19.2. The Bertz CT molecular complexity index is 101. The van der Waals surface area contributed by atoms with Gasteiger partial charge in [0.05, 0.1) is 0 Å². The molecule has 0 aliphatic heterocycles. The zero-order valence-corrected chi connectivity index (χ0v) is 5.53. The summed E-state index contributed by atoms with van der Waals surface area (Å²) >= 11 is 0. The van der Waals surface area contributed by atoms with Gasteiger partial charge in [-0.15, -0.1) is 0 Å². The van der Waals surface area contributed by atoms with Crippen LogP contribution in [0.15, 0.2) is 12.2 Å². The average Bonchev–Trinajstić information content (AvgIpc) is 1.87. The minimum atomic E-state index is -0.864. The van der Waals surface area contributed by atoms with Crippen molar-refractivity contribution in [2.24, 2.45) is 0 Å². The number of halogens is 2. The maximum absolute atomic E-state index is 12.1. The number of hydrogen-bond acceptors (Lipinski definition) is 1. The summed E-state index contributed by atoms with van der Waals surface area (Å²) in [5, 5.41) is 0. The average molecular weight is 136 g/mol. The normalized spacial score (nSPS) is 15.8. The van der Waals surface area contributed by atoms with Crippen LogP contribution in [0.4, 0.5) is 8.78 Å². The minimum Gasteiger partial charge on any atom is -0.372 e. The van der Waals surface area contributed by atoms with E-state index >= 15 is 0 Å². The van der Waals surface area contributed by atoms with E-state index in [1.54, 1.807) is 6.92 Å². The zero-order valence-electron chi connectivity index (χ0n) is 5.53. The molecule has 0 rings (SSSR count). The van der Waals surface area contributed by atoms with Crippen molar-refractivity contribution >= 4 is 0 Å². The Morgan fingerprint density at radius 1 is 1.78 bits per heavy atom. The van der Waals surface area contributed by atoms with Gasteiger partial charge in [-0.25, -0.2) is 8.78 Å². The molecule has 0 fully saturated rings. The molecule has 1 atom stereocenters. The third-order valence-electron chi connectivity index (χ3n) is 0.909. The number of ether oxygens (including phenoxy) is 1. The lowest BCUT2D eigenvalue weighted by Gasteiger charge is -2.06. The van der Waals surface area contributed by atoms with Crippen molar-refractivity contribution in [2.45, 2.75) is 20.0 Å². The number of rotatable bonds is 3. The van der Waals surface area contributed by atoms with Crippen molar-refractivity contribution < 1.29 is 13.5 Å². The van der Waals surface area contributed by atoms with Gasteiger partial charge in [-0.3, -0.25) is 0 Å². The fourth-order valence-corrected chi connectivity index (χ4v) is 0.418. The van der Waals surface area contributed by atoms with Gasteiger partial charge in [0.2, 0.25) is 0 Å². The summed E-state index contributed by atoms with van der Waals surface area (Å²) in [6.07, 6.45) is -0.833. The van der Waals surface area contributed by atoms with E-state index in [1.807, 2.05) is 0 Å². The van der Waals surface area contributed by atoms with Crippen molar-refractivity contribution in [1.29, 1.82) is 0 Å². The summed E-state index contributed by atoms with van der Waals surface area (Å²) < 4.78 is 28.1. The molecule has 0 radical (unpaired) electrons. The lowest BCUT2D eigenvalue weighted by atomic mass is 10.4. The van der Waals surface area contributed by atoms with Crippen LogP contribution in [0, 0.1) is 0 Å². The summed E-state index contributed by atoms with van der Waals surface area (Å²) in [5.74, 6) is -0.864. The Morgan fingerprint density at radius 2 is 2.33 bits per heavy atom. The lowest BCUT2D eigenvalue weighted by molar-refractivity contribution is 0.0840. The molecule has 0 aromatic heterocycles. The summed E-state index contributed by atoms with van der Waals surface area (Å²) in [6, 6.07) is 0. The van der Waals surface area contributed by atoms with Crippen molar-refractivity contribution in [3.05, 3.63) is 12.2 Å². The Hall–Kier alpha value is -0.440. The second-order valence-corrected chi connectivity index (χ2v) is 1.59. The molecule has 0 saturated carbocycles. The molecule has 0 N–H and O–H groups in total. The van der Waals surface area contributed by atoms with Gasteiger partial charge in [0, 0.05) is 6.61 Å². The molecule has 1 unspecified atom stereocenters. The van der Waals surface area contributed by atoms with Crippen LogP contribution in [0.5, 0.6) is 0 Å². The molecule has 0 saturated heterocycles. The quantitative estimate of drug-likeness (QED) is 0.577. The van der Waals surface area contributed by atoms with Gasteiger partial charge >= 0.3 is 0 Å². The fourth-order valence-electron chi connectivity index (χ4n) is 0.418. The second-order valence-electron chi connectivity index (χ2n) is 1.59. The van der Waals surface area contributed by atoms with E-state index in [1.165, 1.54) is 6.92 Å². The molecule has 0 aromatic rings. The van der Waals surface area contributed by atoms with Crippen LogP contribution in [0.3, 0.4) is 0 Å². The molecule has 0 aliphatic carbocycles. The van der Waals surface area contributed by atoms with Gasteiger partial charge in [-0.1, -0.05) is 0 Å². The third kappa shape index (κ3) is 3.19. The van der Waals surface area contributed by atoms with E-state index in [0.717, 1.165) is 0 Å². The second kappa shape index (κ2) is 4.44. The largest absolute Gasteiger partial charge is 0.372 e. The van der Waals surface area contributed by atoms with Crippen LogP contribution < -0.4 is 0 Å². The van der Waals surface area contributed by atoms with E-state index in [9.17, 15) is 8.78 Å².